The summed E-state index contributed by atoms with van der Waals surface area (Å²) < 4.78 is 10.9. The molecule has 0 saturated heterocycles. The van der Waals surface area contributed by atoms with Crippen LogP contribution in [0.15, 0.2) is 24.3 Å². The van der Waals surface area contributed by atoms with E-state index in [2.05, 4.69) is 22.6 Å². The van der Waals surface area contributed by atoms with Crippen molar-refractivity contribution in [1.82, 2.24) is 0 Å². The van der Waals surface area contributed by atoms with Crippen LogP contribution in [0.1, 0.15) is 45.6 Å². The van der Waals surface area contributed by atoms with E-state index in [4.69, 9.17) is 9.47 Å². The van der Waals surface area contributed by atoms with E-state index in [0.717, 1.165) is 9.13 Å². The molecule has 0 spiro atoms. The summed E-state index contributed by atoms with van der Waals surface area (Å²) in [5.41, 5.74) is 0.191. The fourth-order valence-electron chi connectivity index (χ4n) is 1.50. The molecule has 23 heavy (non-hydrogen) atoms. The van der Waals surface area contributed by atoms with Gasteiger partial charge >= 0.3 is 17.9 Å². The normalized spacial score (nSPS) is 11.0. The average Bonchev–Trinajstić information content (AvgIpc) is 2.45. The molecule has 0 N–H and O–H groups in total. The minimum atomic E-state index is -0.720. The Balaban J connectivity index is 2.22. The zero-order valence-electron chi connectivity index (χ0n) is 13.6. The molecule has 126 valence electrons. The van der Waals surface area contributed by atoms with Gasteiger partial charge in [0.15, 0.2) is 0 Å². The number of rotatable bonds is 6. The van der Waals surface area contributed by atoms with Crippen molar-refractivity contribution in [2.75, 3.05) is 0 Å². The first-order valence-electron chi connectivity index (χ1n) is 7.33. The van der Waals surface area contributed by atoms with E-state index in [1.807, 2.05) is 24.3 Å². The molecule has 0 amide bonds. The van der Waals surface area contributed by atoms with Crippen molar-refractivity contribution in [1.29, 1.82) is 0 Å². The number of esters is 3. The molecule has 1 aromatic carbocycles. The van der Waals surface area contributed by atoms with Gasteiger partial charge in [-0.3, -0.25) is 14.4 Å². The Morgan fingerprint density at radius 1 is 1.00 bits per heavy atom. The zero-order valence-corrected chi connectivity index (χ0v) is 15.7. The summed E-state index contributed by atoms with van der Waals surface area (Å²) >= 11 is 2.20. The third-order valence-electron chi connectivity index (χ3n) is 2.89. The standard InChI is InChI=1S/C17H21IO5/c1-17(2,3)16(21)23-15(20)6-4-5-14(19)22-11-12-7-9-13(18)10-8-12/h7-10H,4-6,11H2,1-3H3. The van der Waals surface area contributed by atoms with Gasteiger partial charge in [0.05, 0.1) is 5.41 Å². The highest BCUT2D eigenvalue weighted by Crippen LogP contribution is 2.16. The maximum Gasteiger partial charge on any atom is 0.318 e. The Morgan fingerprint density at radius 2 is 1.57 bits per heavy atom. The number of hydrogen-bond acceptors (Lipinski definition) is 5. The molecular formula is C17H21IO5. The van der Waals surface area contributed by atoms with Crippen LogP contribution in [0.5, 0.6) is 0 Å². The fraction of sp³-hybridized carbons (Fsp3) is 0.471. The van der Waals surface area contributed by atoms with Crippen LogP contribution in [-0.4, -0.2) is 17.9 Å². The molecule has 1 aromatic rings. The predicted octanol–water partition coefficient (Wildman–Crippen LogP) is 3.62. The Labute approximate surface area is 149 Å². The van der Waals surface area contributed by atoms with Gasteiger partial charge in [0.2, 0.25) is 0 Å². The molecule has 6 heteroatoms. The molecule has 0 saturated carbocycles. The van der Waals surface area contributed by atoms with Gasteiger partial charge in [-0.25, -0.2) is 0 Å². The van der Waals surface area contributed by atoms with Crippen LogP contribution in [-0.2, 0) is 30.5 Å². The molecule has 0 aliphatic carbocycles. The summed E-state index contributed by atoms with van der Waals surface area (Å²) in [6.45, 7) is 5.22. The van der Waals surface area contributed by atoms with Crippen molar-refractivity contribution in [3.63, 3.8) is 0 Å². The third-order valence-corrected chi connectivity index (χ3v) is 3.61. The predicted molar refractivity (Wildman–Crippen MR) is 93.4 cm³/mol. The SMILES string of the molecule is CC(C)(C)C(=O)OC(=O)CCCC(=O)OCc1ccc(I)cc1. The van der Waals surface area contributed by atoms with Gasteiger partial charge in [-0.05, 0) is 67.5 Å². The molecule has 0 aliphatic heterocycles. The third kappa shape index (κ3) is 8.11. The second-order valence-electron chi connectivity index (χ2n) is 6.15. The molecule has 5 nitrogen and oxygen atoms in total. The molecule has 0 fully saturated rings. The topological polar surface area (TPSA) is 69.7 Å². The average molecular weight is 432 g/mol. The van der Waals surface area contributed by atoms with Crippen LogP contribution >= 0.6 is 22.6 Å². The highest BCUT2D eigenvalue weighted by Gasteiger charge is 2.25. The van der Waals surface area contributed by atoms with E-state index < -0.39 is 17.4 Å². The summed E-state index contributed by atoms with van der Waals surface area (Å²) in [5, 5.41) is 0. The van der Waals surface area contributed by atoms with Crippen molar-refractivity contribution >= 4 is 40.5 Å². The van der Waals surface area contributed by atoms with Crippen molar-refractivity contribution in [3.8, 4) is 0 Å². The maximum atomic E-state index is 11.6. The van der Waals surface area contributed by atoms with Crippen LogP contribution in [0.4, 0.5) is 0 Å². The Hall–Kier alpha value is -1.44. The van der Waals surface area contributed by atoms with Crippen molar-refractivity contribution in [2.24, 2.45) is 5.41 Å². The van der Waals surface area contributed by atoms with Crippen LogP contribution in [0.2, 0.25) is 0 Å². The minimum absolute atomic E-state index is 0.0143. The molecule has 0 unspecified atom stereocenters. The zero-order chi connectivity index (χ0) is 17.5. The van der Waals surface area contributed by atoms with Crippen LogP contribution in [0, 0.1) is 8.99 Å². The summed E-state index contributed by atoms with van der Waals surface area (Å²) in [6, 6.07) is 7.66. The monoisotopic (exact) mass is 432 g/mol. The van der Waals surface area contributed by atoms with Crippen LogP contribution < -0.4 is 0 Å². The van der Waals surface area contributed by atoms with Crippen molar-refractivity contribution in [2.45, 2.75) is 46.6 Å². The smallest absolute Gasteiger partial charge is 0.318 e. The Bertz CT molecular complexity index is 557. The first-order valence-corrected chi connectivity index (χ1v) is 8.41. The first kappa shape index (κ1) is 19.6. The lowest BCUT2D eigenvalue weighted by molar-refractivity contribution is -0.165. The fourth-order valence-corrected chi connectivity index (χ4v) is 1.86. The molecule has 1 rings (SSSR count). The van der Waals surface area contributed by atoms with Gasteiger partial charge in [-0.1, -0.05) is 12.1 Å². The lowest BCUT2D eigenvalue weighted by Crippen LogP contribution is -2.25. The largest absolute Gasteiger partial charge is 0.461 e. The summed E-state index contributed by atoms with van der Waals surface area (Å²) in [5.74, 6) is -1.56. The molecule has 0 aromatic heterocycles. The number of halogens is 1. The number of carbonyl (C=O) groups is 3. The van der Waals surface area contributed by atoms with Crippen LogP contribution in [0.25, 0.3) is 0 Å². The second kappa shape index (κ2) is 9.00. The van der Waals surface area contributed by atoms with E-state index in [0.29, 0.717) is 6.42 Å². The molecule has 0 aliphatic rings. The van der Waals surface area contributed by atoms with Gasteiger partial charge in [-0.2, -0.15) is 0 Å². The minimum Gasteiger partial charge on any atom is -0.461 e. The quantitative estimate of drug-likeness (QED) is 0.390. The summed E-state index contributed by atoms with van der Waals surface area (Å²) in [4.78, 5) is 34.6. The van der Waals surface area contributed by atoms with E-state index in [-0.39, 0.29) is 25.4 Å². The lowest BCUT2D eigenvalue weighted by Gasteiger charge is -2.15. The highest BCUT2D eigenvalue weighted by molar-refractivity contribution is 14.1. The molecule has 0 radical (unpaired) electrons. The van der Waals surface area contributed by atoms with Gasteiger partial charge in [0.25, 0.3) is 0 Å². The van der Waals surface area contributed by atoms with Crippen molar-refractivity contribution < 1.29 is 23.9 Å². The Kier molecular flexibility index (Phi) is 7.67. The lowest BCUT2D eigenvalue weighted by atomic mass is 9.97. The van der Waals surface area contributed by atoms with E-state index in [1.54, 1.807) is 20.8 Å². The molecule has 0 heterocycles. The van der Waals surface area contributed by atoms with Crippen molar-refractivity contribution in [3.05, 3.63) is 33.4 Å². The maximum absolute atomic E-state index is 11.6. The van der Waals surface area contributed by atoms with Gasteiger partial charge in [-0.15, -0.1) is 0 Å². The second-order valence-corrected chi connectivity index (χ2v) is 7.40. The van der Waals surface area contributed by atoms with E-state index >= 15 is 0 Å². The molecule has 0 bridgehead atoms. The van der Waals surface area contributed by atoms with Gasteiger partial charge < -0.3 is 9.47 Å². The number of hydrogen-bond donors (Lipinski definition) is 0. The summed E-state index contributed by atoms with van der Waals surface area (Å²) in [7, 11) is 0. The van der Waals surface area contributed by atoms with E-state index in [9.17, 15) is 14.4 Å². The molecular weight excluding hydrogens is 411 g/mol. The van der Waals surface area contributed by atoms with Gasteiger partial charge in [0, 0.05) is 16.4 Å². The Morgan fingerprint density at radius 3 is 2.13 bits per heavy atom. The number of benzene rings is 1. The highest BCUT2D eigenvalue weighted by atomic mass is 127. The first-order chi connectivity index (χ1) is 10.7. The number of ether oxygens (including phenoxy) is 2. The van der Waals surface area contributed by atoms with Gasteiger partial charge in [0.1, 0.15) is 6.61 Å². The molecule has 0 atom stereocenters. The summed E-state index contributed by atoms with van der Waals surface area (Å²) in [6.07, 6.45) is 0.422. The van der Waals surface area contributed by atoms with E-state index in [1.165, 1.54) is 0 Å². The number of carbonyl (C=O) groups excluding carboxylic acids is 3. The van der Waals surface area contributed by atoms with Crippen LogP contribution in [0.3, 0.4) is 0 Å².